The lowest BCUT2D eigenvalue weighted by atomic mass is 9.94. The molecule has 0 saturated carbocycles. The van der Waals surface area contributed by atoms with Crippen LogP contribution in [0.5, 0.6) is 0 Å². The minimum absolute atomic E-state index is 0.303. The van der Waals surface area contributed by atoms with E-state index in [1.165, 1.54) is 0 Å². The van der Waals surface area contributed by atoms with Gasteiger partial charge in [0.25, 0.3) is 0 Å². The van der Waals surface area contributed by atoms with Crippen LogP contribution in [0, 0.1) is 31.3 Å². The molecule has 1 N–H and O–H groups in total. The average Bonchev–Trinajstić information content (AvgIpc) is 3.24. The van der Waals surface area contributed by atoms with Gasteiger partial charge in [0.05, 0.1) is 18.1 Å². The number of aromatic nitrogens is 2. The number of piperidine rings is 1. The Hall–Kier alpha value is -3.55. The molecule has 0 spiro atoms. The van der Waals surface area contributed by atoms with Gasteiger partial charge in [0.2, 0.25) is 0 Å². The Kier molecular flexibility index (Phi) is 6.77. The Morgan fingerprint density at radius 2 is 1.88 bits per heavy atom. The maximum absolute atomic E-state index is 13.9. The van der Waals surface area contributed by atoms with Gasteiger partial charge in [-0.1, -0.05) is 18.1 Å². The zero-order chi connectivity index (χ0) is 24.4. The minimum Gasteiger partial charge on any atom is -0.409 e. The summed E-state index contributed by atoms with van der Waals surface area (Å²) in [6.07, 6.45) is 7.67. The number of aryl methyl sites for hydroxylation is 2. The van der Waals surface area contributed by atoms with Crippen molar-refractivity contribution >= 4 is 11.9 Å². The molecule has 5 nitrogen and oxygen atoms in total. The first kappa shape index (κ1) is 23.6. The van der Waals surface area contributed by atoms with Crippen LogP contribution in [-0.2, 0) is 0 Å². The summed E-state index contributed by atoms with van der Waals surface area (Å²) in [5.74, 6) is -3.59. The Morgan fingerprint density at radius 1 is 1.15 bits per heavy atom. The molecule has 1 unspecified atom stereocenters. The highest BCUT2D eigenvalue weighted by Crippen LogP contribution is 2.33. The highest BCUT2D eigenvalue weighted by atomic mass is 19.2. The smallest absolute Gasteiger partial charge is 0.194 e. The zero-order valence-electron chi connectivity index (χ0n) is 19.4. The van der Waals surface area contributed by atoms with Crippen molar-refractivity contribution in [1.29, 1.82) is 0 Å². The molecule has 1 atom stereocenters. The van der Waals surface area contributed by atoms with Gasteiger partial charge < -0.3 is 14.7 Å². The normalized spacial score (nSPS) is 17.5. The van der Waals surface area contributed by atoms with Gasteiger partial charge in [0, 0.05) is 18.4 Å². The van der Waals surface area contributed by atoms with Crippen LogP contribution in [0.25, 0.3) is 11.8 Å². The summed E-state index contributed by atoms with van der Waals surface area (Å²) in [4.78, 5) is 6.11. The quantitative estimate of drug-likeness (QED) is 0.271. The van der Waals surface area contributed by atoms with Crippen LogP contribution < -0.4 is 0 Å². The van der Waals surface area contributed by atoms with Crippen molar-refractivity contribution in [3.8, 4) is 5.69 Å². The fourth-order valence-corrected chi connectivity index (χ4v) is 4.62. The first-order chi connectivity index (χ1) is 16.3. The number of nitrogens with zero attached hydrogens (tertiary/aromatic N) is 4. The van der Waals surface area contributed by atoms with Crippen molar-refractivity contribution in [3.05, 3.63) is 88.3 Å². The lowest BCUT2D eigenvalue weighted by molar-refractivity contribution is 0.256. The van der Waals surface area contributed by atoms with Crippen molar-refractivity contribution in [2.24, 2.45) is 5.16 Å². The second kappa shape index (κ2) is 9.75. The van der Waals surface area contributed by atoms with Crippen LogP contribution in [0.1, 0.15) is 54.6 Å². The van der Waals surface area contributed by atoms with E-state index in [-0.39, 0.29) is 0 Å². The second-order valence-corrected chi connectivity index (χ2v) is 8.58. The number of rotatable bonds is 5. The van der Waals surface area contributed by atoms with E-state index in [1.54, 1.807) is 6.33 Å². The standard InChI is InChI=1S/C26H27F3N4O/c1-4-23(20-12-21(27)25(29)22(28)13-20)33-9-5-6-19(26(33)31-34)11-18-7-8-24(16(2)10-18)32-14-17(3)30-15-32/h7-8,10-15,23,34H,4-6,9H2,1-3H3/b19-11+,31-26+. The molecule has 4 rings (SSSR count). The predicted molar refractivity (Wildman–Crippen MR) is 126 cm³/mol. The van der Waals surface area contributed by atoms with Gasteiger partial charge in [-0.25, -0.2) is 18.2 Å². The highest BCUT2D eigenvalue weighted by molar-refractivity contribution is 6.02. The van der Waals surface area contributed by atoms with Crippen molar-refractivity contribution in [2.75, 3.05) is 6.54 Å². The van der Waals surface area contributed by atoms with Crippen LogP contribution >= 0.6 is 0 Å². The molecule has 0 radical (unpaired) electrons. The largest absolute Gasteiger partial charge is 0.409 e. The van der Waals surface area contributed by atoms with Gasteiger partial charge in [-0.05, 0) is 85.7 Å². The first-order valence-corrected chi connectivity index (χ1v) is 11.3. The summed E-state index contributed by atoms with van der Waals surface area (Å²) < 4.78 is 43.3. The molecule has 1 aliphatic heterocycles. The molecular formula is C26H27F3N4O. The van der Waals surface area contributed by atoms with E-state index in [2.05, 4.69) is 10.1 Å². The van der Waals surface area contributed by atoms with Crippen LogP contribution in [0.3, 0.4) is 0 Å². The fraction of sp³-hybridized carbons (Fsp3) is 0.308. The van der Waals surface area contributed by atoms with Gasteiger partial charge in [-0.3, -0.25) is 0 Å². The summed E-state index contributed by atoms with van der Waals surface area (Å²) in [5.41, 5.74) is 5.09. The van der Waals surface area contributed by atoms with Crippen molar-refractivity contribution in [3.63, 3.8) is 0 Å². The number of oxime groups is 1. The monoisotopic (exact) mass is 468 g/mol. The minimum atomic E-state index is -1.49. The summed E-state index contributed by atoms with van der Waals surface area (Å²) in [6.45, 7) is 6.38. The predicted octanol–water partition coefficient (Wildman–Crippen LogP) is 6.32. The number of imidazole rings is 1. The molecule has 1 saturated heterocycles. The van der Waals surface area contributed by atoms with Crippen LogP contribution in [0.2, 0.25) is 0 Å². The molecule has 1 aromatic heterocycles. The Morgan fingerprint density at radius 3 is 2.47 bits per heavy atom. The van der Waals surface area contributed by atoms with Gasteiger partial charge in [0.15, 0.2) is 23.3 Å². The molecule has 8 heteroatoms. The van der Waals surface area contributed by atoms with E-state index >= 15 is 0 Å². The van der Waals surface area contributed by atoms with Gasteiger partial charge in [-0.15, -0.1) is 0 Å². The third-order valence-corrected chi connectivity index (χ3v) is 6.20. The lowest BCUT2D eigenvalue weighted by Crippen LogP contribution is -2.40. The first-order valence-electron chi connectivity index (χ1n) is 11.3. The van der Waals surface area contributed by atoms with Gasteiger partial charge in [-0.2, -0.15) is 0 Å². The van der Waals surface area contributed by atoms with Crippen molar-refractivity contribution in [1.82, 2.24) is 14.5 Å². The molecule has 1 aliphatic rings. The number of hydrogen-bond donors (Lipinski definition) is 1. The zero-order valence-corrected chi connectivity index (χ0v) is 19.4. The molecule has 34 heavy (non-hydrogen) atoms. The third-order valence-electron chi connectivity index (χ3n) is 6.20. The fourth-order valence-electron chi connectivity index (χ4n) is 4.62. The van der Waals surface area contributed by atoms with Gasteiger partial charge in [0.1, 0.15) is 0 Å². The van der Waals surface area contributed by atoms with E-state index in [0.717, 1.165) is 46.6 Å². The average molecular weight is 469 g/mol. The van der Waals surface area contributed by atoms with E-state index in [1.807, 2.05) is 60.7 Å². The Bertz CT molecular complexity index is 1240. The van der Waals surface area contributed by atoms with E-state index in [9.17, 15) is 18.4 Å². The van der Waals surface area contributed by atoms with E-state index in [4.69, 9.17) is 0 Å². The number of likely N-dealkylation sites (tertiary alicyclic amines) is 1. The molecule has 0 amide bonds. The van der Waals surface area contributed by atoms with E-state index < -0.39 is 23.5 Å². The molecule has 178 valence electrons. The molecule has 3 aromatic rings. The third kappa shape index (κ3) is 4.58. The lowest BCUT2D eigenvalue weighted by Gasteiger charge is -2.37. The maximum atomic E-state index is 13.9. The highest BCUT2D eigenvalue weighted by Gasteiger charge is 2.29. The number of benzene rings is 2. The molecule has 0 bridgehead atoms. The summed E-state index contributed by atoms with van der Waals surface area (Å²) in [6, 6.07) is 7.61. The second-order valence-electron chi connectivity index (χ2n) is 8.58. The SMILES string of the molecule is CCC(c1cc(F)c(F)c(F)c1)N1CCCC(=C\c2ccc(-n3cnc(C)c3)c(C)c2)/C1=N\O. The Balaban J connectivity index is 1.65. The molecule has 0 aliphatic carbocycles. The summed E-state index contributed by atoms with van der Waals surface area (Å²) in [5, 5.41) is 13.4. The van der Waals surface area contributed by atoms with Crippen LogP contribution in [0.15, 0.2) is 53.6 Å². The van der Waals surface area contributed by atoms with Crippen LogP contribution in [-0.4, -0.2) is 32.0 Å². The Labute approximate surface area is 196 Å². The summed E-state index contributed by atoms with van der Waals surface area (Å²) >= 11 is 0. The molecular weight excluding hydrogens is 441 g/mol. The van der Waals surface area contributed by atoms with Crippen LogP contribution in [0.4, 0.5) is 13.2 Å². The molecule has 2 aromatic carbocycles. The van der Waals surface area contributed by atoms with Gasteiger partial charge >= 0.3 is 0 Å². The number of halogens is 3. The van der Waals surface area contributed by atoms with Crippen molar-refractivity contribution < 1.29 is 18.4 Å². The maximum Gasteiger partial charge on any atom is 0.194 e. The number of amidine groups is 1. The number of hydrogen-bond acceptors (Lipinski definition) is 3. The van der Waals surface area contributed by atoms with Crippen molar-refractivity contribution in [2.45, 2.75) is 46.1 Å². The molecule has 1 fully saturated rings. The molecule has 2 heterocycles. The topological polar surface area (TPSA) is 53.7 Å². The van der Waals surface area contributed by atoms with E-state index in [0.29, 0.717) is 30.8 Å². The summed E-state index contributed by atoms with van der Waals surface area (Å²) in [7, 11) is 0.